The smallest absolute Gasteiger partial charge is 0.188 e. The topological polar surface area (TPSA) is 69.8 Å². The van der Waals surface area contributed by atoms with Crippen LogP contribution in [0.25, 0.3) is 0 Å². The molecule has 2 heterocycles. The van der Waals surface area contributed by atoms with Gasteiger partial charge in [0.1, 0.15) is 5.82 Å². The molecule has 1 aromatic heterocycles. The van der Waals surface area contributed by atoms with E-state index in [0.29, 0.717) is 18.4 Å². The Morgan fingerprint density at radius 1 is 1.33 bits per heavy atom. The van der Waals surface area contributed by atoms with Crippen LogP contribution in [0.4, 0.5) is 5.82 Å². The fourth-order valence-electron chi connectivity index (χ4n) is 2.75. The average molecular weight is 332 g/mol. The van der Waals surface area contributed by atoms with Crippen LogP contribution in [0.5, 0.6) is 0 Å². The summed E-state index contributed by atoms with van der Waals surface area (Å²) in [5.74, 6) is 2.23. The zero-order valence-corrected chi connectivity index (χ0v) is 15.3. The Morgan fingerprint density at radius 3 is 2.75 bits per heavy atom. The zero-order chi connectivity index (χ0) is 17.4. The Bertz CT molecular complexity index is 520. The van der Waals surface area contributed by atoms with Crippen LogP contribution in [0.1, 0.15) is 32.8 Å². The molecule has 0 atom stereocenters. The van der Waals surface area contributed by atoms with Gasteiger partial charge in [0.2, 0.25) is 0 Å². The first-order valence-corrected chi connectivity index (χ1v) is 9.04. The van der Waals surface area contributed by atoms with E-state index < -0.39 is 0 Å². The van der Waals surface area contributed by atoms with E-state index in [2.05, 4.69) is 51.9 Å². The van der Waals surface area contributed by atoms with Crippen LogP contribution in [-0.2, 0) is 6.54 Å². The molecule has 0 aliphatic carbocycles. The van der Waals surface area contributed by atoms with Gasteiger partial charge in [-0.15, -0.1) is 0 Å². The van der Waals surface area contributed by atoms with Gasteiger partial charge in [0.25, 0.3) is 0 Å². The van der Waals surface area contributed by atoms with Crippen LogP contribution in [-0.4, -0.2) is 55.1 Å². The van der Waals surface area contributed by atoms with Crippen molar-refractivity contribution < 1.29 is 0 Å². The van der Waals surface area contributed by atoms with Gasteiger partial charge in [-0.3, -0.25) is 0 Å². The normalized spacial score (nSPS) is 16.7. The molecular formula is C18H32N6. The highest BCUT2D eigenvalue weighted by Crippen LogP contribution is 2.15. The predicted molar refractivity (Wildman–Crippen MR) is 101 cm³/mol. The largest absolute Gasteiger partial charge is 0.370 e. The molecule has 24 heavy (non-hydrogen) atoms. The number of piperazine rings is 1. The van der Waals surface area contributed by atoms with Gasteiger partial charge < -0.3 is 20.9 Å². The number of aromatic nitrogens is 1. The van der Waals surface area contributed by atoms with Gasteiger partial charge in [-0.1, -0.05) is 20.8 Å². The van der Waals surface area contributed by atoms with Crippen molar-refractivity contribution in [3.05, 3.63) is 23.9 Å². The van der Waals surface area contributed by atoms with Gasteiger partial charge in [-0.2, -0.15) is 0 Å². The third-order valence-corrected chi connectivity index (χ3v) is 4.41. The Balaban J connectivity index is 1.86. The van der Waals surface area contributed by atoms with E-state index in [1.54, 1.807) is 0 Å². The quantitative estimate of drug-likeness (QED) is 0.587. The van der Waals surface area contributed by atoms with Crippen molar-refractivity contribution >= 4 is 11.8 Å². The van der Waals surface area contributed by atoms with Gasteiger partial charge in [-0.25, -0.2) is 9.98 Å². The summed E-state index contributed by atoms with van der Waals surface area (Å²) in [6.45, 7) is 13.5. The lowest BCUT2D eigenvalue weighted by Crippen LogP contribution is -2.46. The summed E-state index contributed by atoms with van der Waals surface area (Å²) in [5.41, 5.74) is 7.07. The summed E-state index contributed by atoms with van der Waals surface area (Å²) in [6, 6.07) is 4.14. The van der Waals surface area contributed by atoms with Crippen LogP contribution in [0, 0.1) is 5.92 Å². The third-order valence-electron chi connectivity index (χ3n) is 4.41. The number of nitrogens with zero attached hydrogens (tertiary/aromatic N) is 4. The van der Waals surface area contributed by atoms with Gasteiger partial charge in [0.05, 0.1) is 6.54 Å². The van der Waals surface area contributed by atoms with Gasteiger partial charge >= 0.3 is 0 Å². The SMILES string of the molecule is CCN1CCN(c2cc(CN=C(N)NCCC(C)C)ccn2)CC1. The van der Waals surface area contributed by atoms with Gasteiger partial charge in [0, 0.05) is 38.9 Å². The lowest BCUT2D eigenvalue weighted by Gasteiger charge is -2.34. The van der Waals surface area contributed by atoms with Crippen LogP contribution < -0.4 is 16.0 Å². The van der Waals surface area contributed by atoms with Crippen molar-refractivity contribution in [2.24, 2.45) is 16.6 Å². The number of rotatable bonds is 7. The van der Waals surface area contributed by atoms with Crippen LogP contribution in [0.15, 0.2) is 23.3 Å². The molecule has 1 aliphatic heterocycles. The molecule has 1 fully saturated rings. The summed E-state index contributed by atoms with van der Waals surface area (Å²) >= 11 is 0. The molecule has 0 spiro atoms. The molecule has 2 rings (SSSR count). The first-order valence-electron chi connectivity index (χ1n) is 9.04. The van der Waals surface area contributed by atoms with Crippen LogP contribution in [0.3, 0.4) is 0 Å². The second-order valence-corrected chi connectivity index (χ2v) is 6.75. The fourth-order valence-corrected chi connectivity index (χ4v) is 2.75. The second-order valence-electron chi connectivity index (χ2n) is 6.75. The monoisotopic (exact) mass is 332 g/mol. The number of nitrogens with one attached hydrogen (secondary N) is 1. The van der Waals surface area contributed by atoms with Crippen molar-refractivity contribution in [2.45, 2.75) is 33.7 Å². The molecule has 1 saturated heterocycles. The molecule has 1 aliphatic rings. The number of hydrogen-bond donors (Lipinski definition) is 2. The van der Waals surface area contributed by atoms with Crippen molar-refractivity contribution in [3.8, 4) is 0 Å². The minimum absolute atomic E-state index is 0.519. The number of guanidine groups is 1. The van der Waals surface area contributed by atoms with Crippen molar-refractivity contribution in [2.75, 3.05) is 44.2 Å². The van der Waals surface area contributed by atoms with Crippen molar-refractivity contribution in [1.29, 1.82) is 0 Å². The first-order chi connectivity index (χ1) is 11.6. The molecule has 6 heteroatoms. The lowest BCUT2D eigenvalue weighted by molar-refractivity contribution is 0.270. The molecule has 6 nitrogen and oxygen atoms in total. The number of likely N-dealkylation sites (N-methyl/N-ethyl adjacent to an activating group) is 1. The molecule has 0 radical (unpaired) electrons. The summed E-state index contributed by atoms with van der Waals surface area (Å²) in [6.07, 6.45) is 2.97. The van der Waals surface area contributed by atoms with Crippen molar-refractivity contribution in [1.82, 2.24) is 15.2 Å². The summed E-state index contributed by atoms with van der Waals surface area (Å²) in [4.78, 5) is 13.8. The predicted octanol–water partition coefficient (Wildman–Crippen LogP) is 1.67. The Morgan fingerprint density at radius 2 is 2.08 bits per heavy atom. The number of aliphatic imine (C=N–C) groups is 1. The summed E-state index contributed by atoms with van der Waals surface area (Å²) in [7, 11) is 0. The lowest BCUT2D eigenvalue weighted by atomic mass is 10.1. The van der Waals surface area contributed by atoms with Crippen LogP contribution in [0.2, 0.25) is 0 Å². The molecule has 0 saturated carbocycles. The number of anilines is 1. The zero-order valence-electron chi connectivity index (χ0n) is 15.3. The molecule has 1 aromatic rings. The number of nitrogens with two attached hydrogens (primary N) is 1. The summed E-state index contributed by atoms with van der Waals surface area (Å²) in [5, 5.41) is 3.17. The molecule has 0 aromatic carbocycles. The maximum atomic E-state index is 5.93. The fraction of sp³-hybridized carbons (Fsp3) is 0.667. The standard InChI is InChI=1S/C18H32N6/c1-4-23-9-11-24(12-10-23)17-13-16(6-8-20-17)14-22-18(19)21-7-5-15(2)3/h6,8,13,15H,4-5,7,9-12,14H2,1-3H3,(H3,19,21,22). The highest BCUT2D eigenvalue weighted by atomic mass is 15.3. The molecule has 0 bridgehead atoms. The number of hydrogen-bond acceptors (Lipinski definition) is 4. The van der Waals surface area contributed by atoms with E-state index in [1.165, 1.54) is 0 Å². The van der Waals surface area contributed by atoms with E-state index >= 15 is 0 Å². The Kier molecular flexibility index (Phi) is 7.31. The summed E-state index contributed by atoms with van der Waals surface area (Å²) < 4.78 is 0. The van der Waals surface area contributed by atoms with Crippen LogP contribution >= 0.6 is 0 Å². The Hall–Kier alpha value is -1.82. The van der Waals surface area contributed by atoms with E-state index in [0.717, 1.165) is 57.1 Å². The van der Waals surface area contributed by atoms with E-state index in [-0.39, 0.29) is 0 Å². The maximum absolute atomic E-state index is 5.93. The third kappa shape index (κ3) is 6.00. The minimum Gasteiger partial charge on any atom is -0.370 e. The Labute approximate surface area is 146 Å². The maximum Gasteiger partial charge on any atom is 0.188 e. The molecule has 0 amide bonds. The molecular weight excluding hydrogens is 300 g/mol. The van der Waals surface area contributed by atoms with E-state index in [4.69, 9.17) is 5.73 Å². The second kappa shape index (κ2) is 9.47. The first kappa shape index (κ1) is 18.5. The van der Waals surface area contributed by atoms with Gasteiger partial charge in [-0.05, 0) is 36.6 Å². The molecule has 134 valence electrons. The highest BCUT2D eigenvalue weighted by molar-refractivity contribution is 5.77. The van der Waals surface area contributed by atoms with Gasteiger partial charge in [0.15, 0.2) is 5.96 Å². The highest BCUT2D eigenvalue weighted by Gasteiger charge is 2.16. The van der Waals surface area contributed by atoms with E-state index in [9.17, 15) is 0 Å². The average Bonchev–Trinajstić information content (AvgIpc) is 2.60. The minimum atomic E-state index is 0.519. The molecule has 0 unspecified atom stereocenters. The van der Waals surface area contributed by atoms with E-state index in [1.807, 2.05) is 12.3 Å². The molecule has 3 N–H and O–H groups in total. The number of pyridine rings is 1. The van der Waals surface area contributed by atoms with Crippen molar-refractivity contribution in [3.63, 3.8) is 0 Å².